The van der Waals surface area contributed by atoms with E-state index in [1.54, 1.807) is 0 Å². The lowest BCUT2D eigenvalue weighted by atomic mass is 10.1. The average molecular weight is 283 g/mol. The summed E-state index contributed by atoms with van der Waals surface area (Å²) >= 11 is 0. The monoisotopic (exact) mass is 283 g/mol. The fourth-order valence-corrected chi connectivity index (χ4v) is 2.26. The molecule has 2 heteroatoms. The SMILES string of the molecule is CCCCc1ccc(Oc2cccc(C(C)NC)c2)cc1. The summed E-state index contributed by atoms with van der Waals surface area (Å²) in [5, 5.41) is 3.24. The molecule has 21 heavy (non-hydrogen) atoms. The Morgan fingerprint density at radius 2 is 1.81 bits per heavy atom. The van der Waals surface area contributed by atoms with Gasteiger partial charge in [-0.25, -0.2) is 0 Å². The lowest BCUT2D eigenvalue weighted by Crippen LogP contribution is -2.11. The molecule has 1 atom stereocenters. The molecule has 0 fully saturated rings. The third kappa shape index (κ3) is 4.61. The predicted octanol–water partition coefficient (Wildman–Crippen LogP) is 5.10. The van der Waals surface area contributed by atoms with Gasteiger partial charge in [-0.1, -0.05) is 37.6 Å². The number of hydrogen-bond acceptors (Lipinski definition) is 2. The van der Waals surface area contributed by atoms with E-state index in [4.69, 9.17) is 4.74 Å². The minimum absolute atomic E-state index is 0.324. The summed E-state index contributed by atoms with van der Waals surface area (Å²) in [4.78, 5) is 0. The van der Waals surface area contributed by atoms with Crippen LogP contribution in [0.5, 0.6) is 11.5 Å². The van der Waals surface area contributed by atoms with Gasteiger partial charge in [-0.05, 0) is 62.2 Å². The first kappa shape index (κ1) is 15.6. The predicted molar refractivity (Wildman–Crippen MR) is 89.0 cm³/mol. The molecule has 0 heterocycles. The van der Waals surface area contributed by atoms with Gasteiger partial charge >= 0.3 is 0 Å². The number of benzene rings is 2. The van der Waals surface area contributed by atoms with E-state index in [9.17, 15) is 0 Å². The van der Waals surface area contributed by atoms with E-state index in [-0.39, 0.29) is 0 Å². The van der Waals surface area contributed by atoms with Crippen LogP contribution in [-0.2, 0) is 6.42 Å². The first-order valence-electron chi connectivity index (χ1n) is 7.77. The van der Waals surface area contributed by atoms with Crippen LogP contribution in [0.25, 0.3) is 0 Å². The molecule has 0 amide bonds. The zero-order valence-corrected chi connectivity index (χ0v) is 13.2. The van der Waals surface area contributed by atoms with Crippen molar-refractivity contribution in [2.75, 3.05) is 7.05 Å². The van der Waals surface area contributed by atoms with Crippen molar-refractivity contribution in [2.24, 2.45) is 0 Å². The van der Waals surface area contributed by atoms with Crippen molar-refractivity contribution < 1.29 is 4.74 Å². The minimum Gasteiger partial charge on any atom is -0.457 e. The smallest absolute Gasteiger partial charge is 0.127 e. The van der Waals surface area contributed by atoms with Gasteiger partial charge in [0.15, 0.2) is 0 Å². The molecule has 0 spiro atoms. The van der Waals surface area contributed by atoms with E-state index in [2.05, 4.69) is 55.6 Å². The second-order valence-electron chi connectivity index (χ2n) is 5.43. The van der Waals surface area contributed by atoms with Crippen LogP contribution in [0.2, 0.25) is 0 Å². The Morgan fingerprint density at radius 3 is 2.48 bits per heavy atom. The zero-order valence-electron chi connectivity index (χ0n) is 13.2. The van der Waals surface area contributed by atoms with Crippen LogP contribution in [-0.4, -0.2) is 7.05 Å². The molecule has 2 aromatic carbocycles. The maximum Gasteiger partial charge on any atom is 0.127 e. The van der Waals surface area contributed by atoms with E-state index in [1.165, 1.54) is 24.0 Å². The topological polar surface area (TPSA) is 21.3 Å². The van der Waals surface area contributed by atoms with Gasteiger partial charge in [0.2, 0.25) is 0 Å². The van der Waals surface area contributed by atoms with Gasteiger partial charge in [-0.15, -0.1) is 0 Å². The Bertz CT molecular complexity index is 548. The fraction of sp³-hybridized carbons (Fsp3) is 0.368. The van der Waals surface area contributed by atoms with Crippen molar-refractivity contribution >= 4 is 0 Å². The highest BCUT2D eigenvalue weighted by Crippen LogP contribution is 2.25. The maximum atomic E-state index is 5.95. The Hall–Kier alpha value is -1.80. The van der Waals surface area contributed by atoms with Gasteiger partial charge in [0.05, 0.1) is 0 Å². The van der Waals surface area contributed by atoms with Gasteiger partial charge in [-0.2, -0.15) is 0 Å². The van der Waals surface area contributed by atoms with Crippen LogP contribution in [0, 0.1) is 0 Å². The summed E-state index contributed by atoms with van der Waals surface area (Å²) < 4.78 is 5.95. The van der Waals surface area contributed by atoms with Crippen LogP contribution >= 0.6 is 0 Å². The summed E-state index contributed by atoms with van der Waals surface area (Å²) in [6, 6.07) is 17.0. The summed E-state index contributed by atoms with van der Waals surface area (Å²) in [7, 11) is 1.97. The molecule has 0 bridgehead atoms. The Labute approximate surface area is 128 Å². The number of unbranched alkanes of at least 4 members (excludes halogenated alkanes) is 1. The molecule has 2 aromatic rings. The van der Waals surface area contributed by atoms with Crippen molar-refractivity contribution in [3.8, 4) is 11.5 Å². The maximum absolute atomic E-state index is 5.95. The van der Waals surface area contributed by atoms with Gasteiger partial charge in [0.25, 0.3) is 0 Å². The zero-order chi connectivity index (χ0) is 15.1. The van der Waals surface area contributed by atoms with Gasteiger partial charge in [0, 0.05) is 6.04 Å². The normalized spacial score (nSPS) is 12.1. The molecular formula is C19H25NO. The van der Waals surface area contributed by atoms with E-state index in [1.807, 2.05) is 19.2 Å². The number of nitrogens with one attached hydrogen (secondary N) is 1. The van der Waals surface area contributed by atoms with Crippen molar-refractivity contribution in [2.45, 2.75) is 39.2 Å². The van der Waals surface area contributed by atoms with Crippen LogP contribution in [0.15, 0.2) is 48.5 Å². The molecule has 1 unspecified atom stereocenters. The molecule has 0 radical (unpaired) electrons. The molecular weight excluding hydrogens is 258 g/mol. The molecule has 0 aliphatic heterocycles. The van der Waals surface area contributed by atoms with Crippen LogP contribution in [0.3, 0.4) is 0 Å². The summed E-state index contributed by atoms with van der Waals surface area (Å²) in [6.07, 6.45) is 3.62. The fourth-order valence-electron chi connectivity index (χ4n) is 2.26. The Morgan fingerprint density at radius 1 is 1.05 bits per heavy atom. The van der Waals surface area contributed by atoms with Crippen LogP contribution in [0.1, 0.15) is 43.9 Å². The molecule has 0 saturated heterocycles. The molecule has 0 saturated carbocycles. The summed E-state index contributed by atoms with van der Waals surface area (Å²) in [5.41, 5.74) is 2.61. The molecule has 1 N–H and O–H groups in total. The first-order chi connectivity index (χ1) is 10.2. The third-order valence-electron chi connectivity index (χ3n) is 3.77. The van der Waals surface area contributed by atoms with Crippen molar-refractivity contribution in [3.05, 3.63) is 59.7 Å². The number of rotatable bonds is 7. The lowest BCUT2D eigenvalue weighted by Gasteiger charge is -2.13. The lowest BCUT2D eigenvalue weighted by molar-refractivity contribution is 0.480. The molecule has 2 nitrogen and oxygen atoms in total. The van der Waals surface area contributed by atoms with Crippen molar-refractivity contribution in [3.63, 3.8) is 0 Å². The van der Waals surface area contributed by atoms with Gasteiger partial charge in [0.1, 0.15) is 11.5 Å². The van der Waals surface area contributed by atoms with E-state index >= 15 is 0 Å². The Kier molecular flexibility index (Phi) is 5.82. The second kappa shape index (κ2) is 7.84. The molecule has 0 aliphatic carbocycles. The quantitative estimate of drug-likeness (QED) is 0.763. The minimum atomic E-state index is 0.324. The third-order valence-corrected chi connectivity index (χ3v) is 3.77. The van der Waals surface area contributed by atoms with Gasteiger partial charge in [-0.3, -0.25) is 0 Å². The highest BCUT2D eigenvalue weighted by Gasteiger charge is 2.04. The van der Waals surface area contributed by atoms with E-state index in [0.29, 0.717) is 6.04 Å². The second-order valence-corrected chi connectivity index (χ2v) is 5.43. The molecule has 0 aliphatic rings. The highest BCUT2D eigenvalue weighted by atomic mass is 16.5. The average Bonchev–Trinajstić information content (AvgIpc) is 2.53. The van der Waals surface area contributed by atoms with Crippen molar-refractivity contribution in [1.82, 2.24) is 5.32 Å². The van der Waals surface area contributed by atoms with Crippen LogP contribution in [0.4, 0.5) is 0 Å². The van der Waals surface area contributed by atoms with E-state index in [0.717, 1.165) is 17.9 Å². The van der Waals surface area contributed by atoms with E-state index < -0.39 is 0 Å². The first-order valence-corrected chi connectivity index (χ1v) is 7.77. The number of aryl methyl sites for hydroxylation is 1. The van der Waals surface area contributed by atoms with Crippen molar-refractivity contribution in [1.29, 1.82) is 0 Å². The van der Waals surface area contributed by atoms with Crippen LogP contribution < -0.4 is 10.1 Å². The molecule has 0 aromatic heterocycles. The standard InChI is InChI=1S/C19H25NO/c1-4-5-7-16-10-12-18(13-11-16)21-19-9-6-8-17(14-19)15(2)20-3/h6,8-15,20H,4-5,7H2,1-3H3. The summed E-state index contributed by atoms with van der Waals surface area (Å²) in [5.74, 6) is 1.78. The largest absolute Gasteiger partial charge is 0.457 e. The highest BCUT2D eigenvalue weighted by molar-refractivity contribution is 5.36. The Balaban J connectivity index is 2.04. The summed E-state index contributed by atoms with van der Waals surface area (Å²) in [6.45, 7) is 4.36. The molecule has 2 rings (SSSR count). The number of hydrogen-bond donors (Lipinski definition) is 1. The number of ether oxygens (including phenoxy) is 1. The molecule has 112 valence electrons. The van der Waals surface area contributed by atoms with Gasteiger partial charge < -0.3 is 10.1 Å².